The molecule has 0 fully saturated rings. The Morgan fingerprint density at radius 3 is 2.52 bits per heavy atom. The molecule has 1 heterocycles. The van der Waals surface area contributed by atoms with Gasteiger partial charge in [-0.3, -0.25) is 0 Å². The van der Waals surface area contributed by atoms with Gasteiger partial charge < -0.3 is 26.0 Å². The van der Waals surface area contributed by atoms with Crippen LogP contribution in [0.2, 0.25) is 0 Å². The third kappa shape index (κ3) is 4.94. The molecule has 1 amide bonds. The number of hydrogen-bond donors (Lipinski definition) is 3. The van der Waals surface area contributed by atoms with E-state index in [1.807, 2.05) is 0 Å². The molecular weight excluding hydrogens is 398 g/mol. The summed E-state index contributed by atoms with van der Waals surface area (Å²) < 4.78 is 10.9. The Morgan fingerprint density at radius 2 is 1.90 bits per heavy atom. The van der Waals surface area contributed by atoms with Crippen LogP contribution < -0.4 is 25.8 Å². The topological polar surface area (TPSA) is 137 Å². The second-order valence-corrected chi connectivity index (χ2v) is 6.38. The predicted octanol–water partition coefficient (Wildman–Crippen LogP) is 2.74. The highest BCUT2D eigenvalue weighted by molar-refractivity contribution is 5.90. The molecule has 3 aromatic rings. The zero-order valence-corrected chi connectivity index (χ0v) is 17.0. The molecule has 1 aromatic heterocycles. The maximum absolute atomic E-state index is 11.7. The zero-order valence-electron chi connectivity index (χ0n) is 17.0. The minimum Gasteiger partial charge on any atom is -0.493 e. The highest BCUT2D eigenvalue weighted by atomic mass is 16.5. The lowest BCUT2D eigenvalue weighted by Gasteiger charge is -2.14. The minimum atomic E-state index is -1.20. The Balaban J connectivity index is 2.04. The number of rotatable bonds is 5. The summed E-state index contributed by atoms with van der Waals surface area (Å²) in [5, 5.41) is 9.56. The fourth-order valence-electron chi connectivity index (χ4n) is 2.92. The molecule has 158 valence electrons. The van der Waals surface area contributed by atoms with E-state index in [0.29, 0.717) is 34.7 Å². The lowest BCUT2D eigenvalue weighted by Crippen LogP contribution is -2.23. The largest absolute Gasteiger partial charge is 0.493 e. The van der Waals surface area contributed by atoms with E-state index in [9.17, 15) is 9.90 Å². The van der Waals surface area contributed by atoms with Crippen molar-refractivity contribution in [3.63, 3.8) is 0 Å². The van der Waals surface area contributed by atoms with E-state index in [4.69, 9.17) is 20.9 Å². The van der Waals surface area contributed by atoms with Crippen molar-refractivity contribution in [2.45, 2.75) is 6.42 Å². The van der Waals surface area contributed by atoms with Crippen LogP contribution in [0.15, 0.2) is 48.7 Å². The monoisotopic (exact) mass is 419 g/mol. The van der Waals surface area contributed by atoms with Gasteiger partial charge in [0.25, 0.3) is 0 Å². The number of ether oxygens (including phenoxy) is 2. The third-order valence-electron chi connectivity index (χ3n) is 4.36. The molecule has 0 bridgehead atoms. The minimum absolute atomic E-state index is 0.0924. The highest BCUT2D eigenvalue weighted by Gasteiger charge is 2.15. The smallest absolute Gasteiger partial charge is 0.423 e. The van der Waals surface area contributed by atoms with E-state index in [1.54, 1.807) is 48.7 Å². The molecule has 0 aliphatic carbocycles. The van der Waals surface area contributed by atoms with E-state index in [1.165, 1.54) is 14.2 Å². The van der Waals surface area contributed by atoms with Crippen LogP contribution in [0.1, 0.15) is 16.7 Å². The molecule has 0 saturated carbocycles. The second kappa shape index (κ2) is 9.37. The normalized spacial score (nSPS) is 10.0. The van der Waals surface area contributed by atoms with E-state index in [-0.39, 0.29) is 11.8 Å². The molecule has 31 heavy (non-hydrogen) atoms. The van der Waals surface area contributed by atoms with Crippen molar-refractivity contribution < 1.29 is 19.4 Å². The van der Waals surface area contributed by atoms with Crippen LogP contribution in [-0.4, -0.2) is 35.4 Å². The van der Waals surface area contributed by atoms with Crippen LogP contribution in [-0.2, 0) is 6.42 Å². The lowest BCUT2D eigenvalue weighted by molar-refractivity contribution is 0.205. The summed E-state index contributed by atoms with van der Waals surface area (Å²) in [4.78, 5) is 20.6. The van der Waals surface area contributed by atoms with Crippen LogP contribution in [0.25, 0.3) is 0 Å². The van der Waals surface area contributed by atoms with Gasteiger partial charge in [-0.15, -0.1) is 0 Å². The number of para-hydroxylation sites is 1. The molecule has 5 N–H and O–H groups in total. The molecule has 0 aliphatic heterocycles. The van der Waals surface area contributed by atoms with Gasteiger partial charge in [-0.05, 0) is 35.7 Å². The molecule has 0 aliphatic rings. The Hall–Kier alpha value is -4.45. The Kier molecular flexibility index (Phi) is 6.42. The van der Waals surface area contributed by atoms with Crippen molar-refractivity contribution >= 4 is 23.5 Å². The number of nitrogens with two attached hydrogens (primary N) is 2. The Labute approximate surface area is 179 Å². The summed E-state index contributed by atoms with van der Waals surface area (Å²) in [6.45, 7) is 0. The van der Waals surface area contributed by atoms with Gasteiger partial charge in [-0.2, -0.15) is 4.98 Å². The average Bonchev–Trinajstić information content (AvgIpc) is 2.76. The van der Waals surface area contributed by atoms with Gasteiger partial charge >= 0.3 is 6.09 Å². The molecular formula is C22H21N5O4. The van der Waals surface area contributed by atoms with Gasteiger partial charge in [-0.1, -0.05) is 18.2 Å². The van der Waals surface area contributed by atoms with Crippen molar-refractivity contribution in [1.29, 1.82) is 0 Å². The first-order valence-electron chi connectivity index (χ1n) is 9.14. The highest BCUT2D eigenvalue weighted by Crippen LogP contribution is 2.33. The number of anilines is 3. The molecule has 9 nitrogen and oxygen atoms in total. The fourth-order valence-corrected chi connectivity index (χ4v) is 2.92. The number of carboxylic acid groups (broad SMARTS) is 1. The van der Waals surface area contributed by atoms with Crippen LogP contribution >= 0.6 is 0 Å². The SMILES string of the molecule is COc1cc(Cc2cnc(N)nc2N)cc(C#CN(C(=O)O)c2ccccc2)c1OC. The van der Waals surface area contributed by atoms with Gasteiger partial charge in [0.2, 0.25) is 5.95 Å². The standard InChI is InChI=1S/C22H21N5O4/c1-30-18-12-14(11-16-13-25-21(24)26-20(16)23)10-15(19(18)31-2)8-9-27(22(28)29)17-6-4-3-5-7-17/h3-7,10,12-13H,11H2,1-2H3,(H,28,29)(H4,23,24,25,26). The van der Waals surface area contributed by atoms with E-state index < -0.39 is 6.09 Å². The average molecular weight is 419 g/mol. The molecule has 0 unspecified atom stereocenters. The second-order valence-electron chi connectivity index (χ2n) is 6.38. The number of carbonyl (C=O) groups is 1. The van der Waals surface area contributed by atoms with E-state index in [0.717, 1.165) is 10.5 Å². The van der Waals surface area contributed by atoms with Crippen molar-refractivity contribution in [3.8, 4) is 23.5 Å². The van der Waals surface area contributed by atoms with E-state index >= 15 is 0 Å². The zero-order chi connectivity index (χ0) is 22.4. The maximum atomic E-state index is 11.7. The summed E-state index contributed by atoms with van der Waals surface area (Å²) in [6, 6.07) is 14.8. The van der Waals surface area contributed by atoms with Crippen molar-refractivity contribution in [1.82, 2.24) is 9.97 Å². The molecule has 0 radical (unpaired) electrons. The van der Waals surface area contributed by atoms with Crippen molar-refractivity contribution in [2.75, 3.05) is 30.6 Å². The molecule has 3 rings (SSSR count). The third-order valence-corrected chi connectivity index (χ3v) is 4.36. The fraction of sp³-hybridized carbons (Fsp3) is 0.136. The van der Waals surface area contributed by atoms with Gasteiger partial charge in [0.15, 0.2) is 11.5 Å². The Bertz CT molecular complexity index is 1160. The number of amides is 1. The van der Waals surface area contributed by atoms with Gasteiger partial charge in [0, 0.05) is 24.2 Å². The number of hydrogen-bond acceptors (Lipinski definition) is 7. The summed E-state index contributed by atoms with van der Waals surface area (Å²) >= 11 is 0. The lowest BCUT2D eigenvalue weighted by atomic mass is 10.0. The van der Waals surface area contributed by atoms with Crippen molar-refractivity contribution in [2.24, 2.45) is 0 Å². The number of nitrogen functional groups attached to an aromatic ring is 2. The number of nitrogens with zero attached hydrogens (tertiary/aromatic N) is 3. The van der Waals surface area contributed by atoms with Gasteiger partial charge in [-0.25, -0.2) is 14.7 Å². The summed E-state index contributed by atoms with van der Waals surface area (Å²) in [7, 11) is 2.99. The first kappa shape index (κ1) is 21.3. The number of benzene rings is 2. The molecule has 9 heteroatoms. The first-order valence-corrected chi connectivity index (χ1v) is 9.14. The van der Waals surface area contributed by atoms with Gasteiger partial charge in [0.05, 0.1) is 25.5 Å². The van der Waals surface area contributed by atoms with Crippen molar-refractivity contribution in [3.05, 3.63) is 65.4 Å². The summed E-state index contributed by atoms with van der Waals surface area (Å²) in [5.74, 6) is 4.08. The van der Waals surface area contributed by atoms with Crippen LogP contribution in [0, 0.1) is 12.0 Å². The summed E-state index contributed by atoms with van der Waals surface area (Å²) in [5.41, 5.74) is 13.9. The Morgan fingerprint density at radius 1 is 1.16 bits per heavy atom. The molecule has 2 aromatic carbocycles. The van der Waals surface area contributed by atoms with Crippen LogP contribution in [0.5, 0.6) is 11.5 Å². The predicted molar refractivity (Wildman–Crippen MR) is 117 cm³/mol. The molecule has 0 spiro atoms. The number of methoxy groups -OCH3 is 2. The summed E-state index contributed by atoms with van der Waals surface area (Å²) in [6.07, 6.45) is 0.747. The van der Waals surface area contributed by atoms with Crippen LogP contribution in [0.3, 0.4) is 0 Å². The first-order chi connectivity index (χ1) is 14.9. The van der Waals surface area contributed by atoms with Gasteiger partial charge in [0.1, 0.15) is 5.82 Å². The maximum Gasteiger partial charge on any atom is 0.423 e. The van der Waals surface area contributed by atoms with Crippen LogP contribution in [0.4, 0.5) is 22.2 Å². The quantitative estimate of drug-likeness (QED) is 0.424. The van der Waals surface area contributed by atoms with E-state index in [2.05, 4.69) is 21.9 Å². The number of aromatic nitrogens is 2. The molecule has 0 saturated heterocycles. The molecule has 0 atom stereocenters.